The summed E-state index contributed by atoms with van der Waals surface area (Å²) in [5.41, 5.74) is 1.01. The largest absolute Gasteiger partial charge is 0.478 e. The van der Waals surface area contributed by atoms with E-state index in [4.69, 9.17) is 5.11 Å². The topological polar surface area (TPSA) is 74.6 Å². The molecule has 0 heterocycles. The van der Waals surface area contributed by atoms with Gasteiger partial charge < -0.3 is 10.2 Å². The normalized spacial score (nSPS) is 13.1. The van der Waals surface area contributed by atoms with E-state index in [-0.39, 0.29) is 11.1 Å². The molecule has 0 bridgehead atoms. The molecule has 0 aliphatic carbocycles. The standard InChI is InChI=1S/C15H24O4/c1-4-6-7-8-9-12(5-2)13(15(18)19)10-11(3)14(16)17/h10H,4-9H2,1-3H3,(H,16,17)(H,18,19). The Labute approximate surface area is 114 Å². The number of hydrogen-bond donors (Lipinski definition) is 2. The van der Waals surface area contributed by atoms with E-state index in [1.165, 1.54) is 13.0 Å². The second-order valence-corrected chi connectivity index (χ2v) is 4.62. The number of carboxylic acids is 2. The summed E-state index contributed by atoms with van der Waals surface area (Å²) in [7, 11) is 0. The van der Waals surface area contributed by atoms with Crippen molar-refractivity contribution in [2.24, 2.45) is 0 Å². The van der Waals surface area contributed by atoms with Crippen molar-refractivity contribution < 1.29 is 19.8 Å². The molecule has 0 aromatic carbocycles. The van der Waals surface area contributed by atoms with Crippen LogP contribution in [0.3, 0.4) is 0 Å². The van der Waals surface area contributed by atoms with E-state index in [1.807, 2.05) is 6.92 Å². The minimum atomic E-state index is -1.08. The van der Waals surface area contributed by atoms with Gasteiger partial charge in [-0.1, -0.05) is 38.7 Å². The van der Waals surface area contributed by atoms with Crippen LogP contribution in [-0.2, 0) is 9.59 Å². The van der Waals surface area contributed by atoms with Crippen LogP contribution in [-0.4, -0.2) is 22.2 Å². The summed E-state index contributed by atoms with van der Waals surface area (Å²) in [4.78, 5) is 22.0. The minimum absolute atomic E-state index is 0.0527. The molecule has 0 rings (SSSR count). The van der Waals surface area contributed by atoms with Gasteiger partial charge in [-0.25, -0.2) is 9.59 Å². The van der Waals surface area contributed by atoms with Crippen molar-refractivity contribution in [3.63, 3.8) is 0 Å². The van der Waals surface area contributed by atoms with E-state index >= 15 is 0 Å². The van der Waals surface area contributed by atoms with Crippen molar-refractivity contribution in [1.29, 1.82) is 0 Å². The lowest BCUT2D eigenvalue weighted by Gasteiger charge is -2.08. The maximum absolute atomic E-state index is 11.3. The molecule has 4 heteroatoms. The van der Waals surface area contributed by atoms with Gasteiger partial charge in [-0.05, 0) is 32.3 Å². The maximum atomic E-state index is 11.3. The van der Waals surface area contributed by atoms with Gasteiger partial charge in [0.1, 0.15) is 0 Å². The van der Waals surface area contributed by atoms with Crippen LogP contribution in [0, 0.1) is 0 Å². The molecule has 0 radical (unpaired) electrons. The van der Waals surface area contributed by atoms with Gasteiger partial charge in [-0.2, -0.15) is 0 Å². The van der Waals surface area contributed by atoms with E-state index < -0.39 is 11.9 Å². The van der Waals surface area contributed by atoms with Crippen molar-refractivity contribution >= 4 is 11.9 Å². The second-order valence-electron chi connectivity index (χ2n) is 4.62. The summed E-state index contributed by atoms with van der Waals surface area (Å²) < 4.78 is 0. The van der Waals surface area contributed by atoms with Gasteiger partial charge in [-0.15, -0.1) is 0 Å². The molecule has 0 atom stereocenters. The first-order chi connectivity index (χ1) is 8.93. The van der Waals surface area contributed by atoms with Crippen molar-refractivity contribution in [3.05, 3.63) is 22.8 Å². The SMILES string of the molecule is CCCCCCC(CC)=C(C=C(C)C(=O)O)C(=O)O. The smallest absolute Gasteiger partial charge is 0.335 e. The van der Waals surface area contributed by atoms with Gasteiger partial charge in [0.05, 0.1) is 5.57 Å². The molecule has 0 fully saturated rings. The van der Waals surface area contributed by atoms with E-state index in [9.17, 15) is 14.7 Å². The Hall–Kier alpha value is -1.58. The third kappa shape index (κ3) is 6.79. The highest BCUT2D eigenvalue weighted by Crippen LogP contribution is 2.20. The van der Waals surface area contributed by atoms with Crippen LogP contribution in [0.1, 0.15) is 59.3 Å². The number of unbranched alkanes of at least 4 members (excludes halogenated alkanes) is 3. The average molecular weight is 268 g/mol. The zero-order chi connectivity index (χ0) is 14.8. The molecule has 0 aromatic heterocycles. The molecular weight excluding hydrogens is 244 g/mol. The van der Waals surface area contributed by atoms with E-state index in [0.717, 1.165) is 37.7 Å². The number of aliphatic carboxylic acids is 2. The van der Waals surface area contributed by atoms with Crippen LogP contribution >= 0.6 is 0 Å². The minimum Gasteiger partial charge on any atom is -0.478 e. The van der Waals surface area contributed by atoms with Crippen LogP contribution in [0.5, 0.6) is 0 Å². The third-order valence-electron chi connectivity index (χ3n) is 3.07. The van der Waals surface area contributed by atoms with Crippen LogP contribution in [0.2, 0.25) is 0 Å². The quantitative estimate of drug-likeness (QED) is 0.379. The molecule has 4 nitrogen and oxygen atoms in total. The zero-order valence-electron chi connectivity index (χ0n) is 12.0. The fourth-order valence-electron chi connectivity index (χ4n) is 1.86. The molecule has 0 unspecified atom stereocenters. The fourth-order valence-corrected chi connectivity index (χ4v) is 1.86. The lowest BCUT2D eigenvalue weighted by Crippen LogP contribution is -2.06. The molecule has 2 N–H and O–H groups in total. The van der Waals surface area contributed by atoms with Gasteiger partial charge in [0, 0.05) is 5.57 Å². The Morgan fingerprint density at radius 1 is 1.00 bits per heavy atom. The Kier molecular flexibility index (Phi) is 8.58. The highest BCUT2D eigenvalue weighted by Gasteiger charge is 2.13. The average Bonchev–Trinajstić information content (AvgIpc) is 2.36. The predicted molar refractivity (Wildman–Crippen MR) is 75.1 cm³/mol. The van der Waals surface area contributed by atoms with E-state index in [2.05, 4.69) is 6.92 Å². The first-order valence-electron chi connectivity index (χ1n) is 6.80. The number of carboxylic acid groups (broad SMARTS) is 2. The maximum Gasteiger partial charge on any atom is 0.335 e. The molecule has 0 spiro atoms. The molecular formula is C15H24O4. The summed E-state index contributed by atoms with van der Waals surface area (Å²) in [6.45, 7) is 5.44. The third-order valence-corrected chi connectivity index (χ3v) is 3.07. The zero-order valence-corrected chi connectivity index (χ0v) is 12.0. The highest BCUT2D eigenvalue weighted by atomic mass is 16.4. The molecule has 0 amide bonds. The fraction of sp³-hybridized carbons (Fsp3) is 0.600. The lowest BCUT2D eigenvalue weighted by molar-refractivity contribution is -0.132. The van der Waals surface area contributed by atoms with Crippen LogP contribution in [0.15, 0.2) is 22.8 Å². The van der Waals surface area contributed by atoms with Gasteiger partial charge in [-0.3, -0.25) is 0 Å². The first kappa shape index (κ1) is 17.4. The molecule has 108 valence electrons. The first-order valence-corrected chi connectivity index (χ1v) is 6.80. The van der Waals surface area contributed by atoms with Crippen molar-refractivity contribution in [2.75, 3.05) is 0 Å². The molecule has 0 aliphatic heterocycles. The van der Waals surface area contributed by atoms with Crippen molar-refractivity contribution in [1.82, 2.24) is 0 Å². The number of carbonyl (C=O) groups is 2. The van der Waals surface area contributed by atoms with Crippen LogP contribution in [0.4, 0.5) is 0 Å². The summed E-state index contributed by atoms with van der Waals surface area (Å²) in [6, 6.07) is 0. The van der Waals surface area contributed by atoms with Gasteiger partial charge in [0.25, 0.3) is 0 Å². The van der Waals surface area contributed by atoms with Gasteiger partial charge in [0.15, 0.2) is 0 Å². The van der Waals surface area contributed by atoms with Gasteiger partial charge in [0.2, 0.25) is 0 Å². The Balaban J connectivity index is 5.04. The molecule has 0 aliphatic rings. The second kappa shape index (κ2) is 9.36. The summed E-state index contributed by atoms with van der Waals surface area (Å²) >= 11 is 0. The van der Waals surface area contributed by atoms with E-state index in [0.29, 0.717) is 6.42 Å². The van der Waals surface area contributed by atoms with Crippen LogP contribution in [0.25, 0.3) is 0 Å². The van der Waals surface area contributed by atoms with Crippen molar-refractivity contribution in [2.45, 2.75) is 59.3 Å². The number of rotatable bonds is 9. The number of allylic oxidation sites excluding steroid dienone is 1. The Bertz CT molecular complexity index is 378. The molecule has 0 aromatic rings. The summed E-state index contributed by atoms with van der Waals surface area (Å²) in [5, 5.41) is 18.0. The highest BCUT2D eigenvalue weighted by molar-refractivity contribution is 5.95. The Morgan fingerprint density at radius 3 is 2.05 bits per heavy atom. The molecule has 19 heavy (non-hydrogen) atoms. The van der Waals surface area contributed by atoms with Crippen LogP contribution < -0.4 is 0 Å². The van der Waals surface area contributed by atoms with E-state index in [1.54, 1.807) is 0 Å². The Morgan fingerprint density at radius 2 is 1.63 bits per heavy atom. The number of hydrogen-bond acceptors (Lipinski definition) is 2. The van der Waals surface area contributed by atoms with Gasteiger partial charge >= 0.3 is 11.9 Å². The molecule has 0 saturated carbocycles. The predicted octanol–water partition coefficient (Wildman–Crippen LogP) is 3.78. The lowest BCUT2D eigenvalue weighted by atomic mass is 9.97. The summed E-state index contributed by atoms with van der Waals surface area (Å²) in [5.74, 6) is -2.13. The molecule has 0 saturated heterocycles. The summed E-state index contributed by atoms with van der Waals surface area (Å²) in [6.07, 6.45) is 6.93. The van der Waals surface area contributed by atoms with Crippen molar-refractivity contribution in [3.8, 4) is 0 Å². The monoisotopic (exact) mass is 268 g/mol.